The summed E-state index contributed by atoms with van der Waals surface area (Å²) in [6.45, 7) is 2.06. The van der Waals surface area contributed by atoms with Gasteiger partial charge in [0.2, 0.25) is 0 Å². The molecule has 0 unspecified atom stereocenters. The second-order valence-electron chi connectivity index (χ2n) is 8.41. The molecule has 1 aliphatic heterocycles. The van der Waals surface area contributed by atoms with Crippen LogP contribution in [0, 0.1) is 0 Å². The van der Waals surface area contributed by atoms with Crippen LogP contribution < -0.4 is 4.74 Å². The topological polar surface area (TPSA) is 49.9 Å². The second kappa shape index (κ2) is 9.73. The van der Waals surface area contributed by atoms with Crippen molar-refractivity contribution in [1.82, 2.24) is 9.80 Å². The highest BCUT2D eigenvalue weighted by Crippen LogP contribution is 2.26. The Hall–Kier alpha value is -2.53. The van der Waals surface area contributed by atoms with Crippen molar-refractivity contribution >= 4 is 23.4 Å². The average Bonchev–Trinajstić information content (AvgIpc) is 2.79. The van der Waals surface area contributed by atoms with E-state index in [9.17, 15) is 9.59 Å². The Morgan fingerprint density at radius 2 is 1.71 bits per heavy atom. The predicted octanol–water partition coefficient (Wildman–Crippen LogP) is 4.61. The summed E-state index contributed by atoms with van der Waals surface area (Å²) in [5.74, 6) is 0.456. The molecule has 6 heteroatoms. The number of halogens is 1. The van der Waals surface area contributed by atoms with Gasteiger partial charge in [0.1, 0.15) is 12.4 Å². The molecule has 2 aliphatic rings. The number of carbonyl (C=O) groups excluding carboxylic acids is 2. The van der Waals surface area contributed by atoms with E-state index in [2.05, 4.69) is 12.1 Å². The summed E-state index contributed by atoms with van der Waals surface area (Å²) in [4.78, 5) is 29.7. The maximum Gasteiger partial charge on any atom is 0.257 e. The summed E-state index contributed by atoms with van der Waals surface area (Å²) in [5, 5.41) is 0.500. The largest absolute Gasteiger partial charge is 0.491 e. The number of nitrogens with zero attached hydrogens (tertiary/aromatic N) is 2. The number of amides is 2. The van der Waals surface area contributed by atoms with Gasteiger partial charge in [-0.1, -0.05) is 17.7 Å². The molecule has 0 N–H and O–H groups in total. The van der Waals surface area contributed by atoms with Gasteiger partial charge in [0.05, 0.1) is 12.1 Å². The third-order valence-corrected chi connectivity index (χ3v) is 6.43. The van der Waals surface area contributed by atoms with Crippen molar-refractivity contribution in [2.75, 3.05) is 33.3 Å². The van der Waals surface area contributed by atoms with E-state index in [0.717, 1.165) is 31.2 Å². The van der Waals surface area contributed by atoms with Gasteiger partial charge in [-0.25, -0.2) is 0 Å². The molecule has 164 valence electrons. The number of rotatable bonds is 1. The molecule has 0 fully saturated rings. The van der Waals surface area contributed by atoms with Gasteiger partial charge < -0.3 is 14.5 Å². The smallest absolute Gasteiger partial charge is 0.257 e. The quantitative estimate of drug-likeness (QED) is 0.650. The van der Waals surface area contributed by atoms with Crippen LogP contribution in [0.4, 0.5) is 0 Å². The van der Waals surface area contributed by atoms with Crippen LogP contribution in [0.15, 0.2) is 36.4 Å². The van der Waals surface area contributed by atoms with Crippen LogP contribution in [0.5, 0.6) is 5.75 Å². The van der Waals surface area contributed by atoms with E-state index < -0.39 is 0 Å². The van der Waals surface area contributed by atoms with Crippen molar-refractivity contribution in [3.63, 3.8) is 0 Å². The van der Waals surface area contributed by atoms with E-state index in [1.165, 1.54) is 24.0 Å². The Balaban J connectivity index is 1.53. The Morgan fingerprint density at radius 1 is 0.935 bits per heavy atom. The molecule has 0 atom stereocenters. The Bertz CT molecular complexity index is 975. The molecule has 2 amide bonds. The Morgan fingerprint density at radius 3 is 2.55 bits per heavy atom. The summed E-state index contributed by atoms with van der Waals surface area (Å²) in [5.41, 5.74) is 3.91. The van der Waals surface area contributed by atoms with Crippen LogP contribution >= 0.6 is 11.6 Å². The fourth-order valence-corrected chi connectivity index (χ4v) is 4.56. The second-order valence-corrected chi connectivity index (χ2v) is 8.84. The number of aryl methyl sites for hydroxylation is 2. The van der Waals surface area contributed by atoms with E-state index in [4.69, 9.17) is 16.3 Å². The zero-order valence-electron chi connectivity index (χ0n) is 18.0. The molecule has 2 aromatic carbocycles. The highest BCUT2D eigenvalue weighted by Gasteiger charge is 2.21. The summed E-state index contributed by atoms with van der Waals surface area (Å²) < 4.78 is 5.94. The lowest BCUT2D eigenvalue weighted by Crippen LogP contribution is -2.37. The first-order valence-electron chi connectivity index (χ1n) is 11.1. The van der Waals surface area contributed by atoms with E-state index >= 15 is 0 Å². The normalized spacial score (nSPS) is 17.7. The van der Waals surface area contributed by atoms with Crippen molar-refractivity contribution in [1.29, 1.82) is 0 Å². The van der Waals surface area contributed by atoms with Crippen LogP contribution in [0.3, 0.4) is 0 Å². The van der Waals surface area contributed by atoms with Crippen molar-refractivity contribution in [2.24, 2.45) is 0 Å². The van der Waals surface area contributed by atoms with E-state index in [1.807, 2.05) is 11.0 Å². The number of hydrogen-bond acceptors (Lipinski definition) is 3. The summed E-state index contributed by atoms with van der Waals surface area (Å²) >= 11 is 6.12. The maximum atomic E-state index is 13.3. The molecule has 0 aromatic heterocycles. The van der Waals surface area contributed by atoms with E-state index in [-0.39, 0.29) is 11.8 Å². The third kappa shape index (κ3) is 5.04. The van der Waals surface area contributed by atoms with Crippen molar-refractivity contribution in [3.05, 3.63) is 63.7 Å². The molecule has 0 saturated heterocycles. The van der Waals surface area contributed by atoms with Crippen LogP contribution in [0.1, 0.15) is 57.5 Å². The third-order valence-electron chi connectivity index (χ3n) is 6.19. The van der Waals surface area contributed by atoms with Gasteiger partial charge in [-0.3, -0.25) is 9.59 Å². The first kappa shape index (κ1) is 21.7. The van der Waals surface area contributed by atoms with Gasteiger partial charge in [-0.15, -0.1) is 0 Å². The molecule has 5 nitrogen and oxygen atoms in total. The number of ether oxygens (including phenoxy) is 1. The predicted molar refractivity (Wildman–Crippen MR) is 122 cm³/mol. The van der Waals surface area contributed by atoms with Crippen molar-refractivity contribution < 1.29 is 14.3 Å². The molecule has 2 aromatic rings. The average molecular weight is 441 g/mol. The Labute approximate surface area is 188 Å². The standard InChI is InChI=1S/C25H29ClN2O3/c1-27-12-4-5-13-28(14-15-31-23-11-10-21(26)17-22(23)25(27)30)24(29)20-9-8-18-6-2-3-7-19(18)16-20/h8-11,16-17H,2-7,12-15H2,1H3. The van der Waals surface area contributed by atoms with Crippen LogP contribution in [-0.2, 0) is 12.8 Å². The lowest BCUT2D eigenvalue weighted by molar-refractivity contribution is 0.0703. The number of benzene rings is 2. The summed E-state index contributed by atoms with van der Waals surface area (Å²) in [6.07, 6.45) is 6.24. The number of carbonyl (C=O) groups is 2. The first-order valence-corrected chi connectivity index (χ1v) is 11.5. The zero-order chi connectivity index (χ0) is 21.8. The van der Waals surface area contributed by atoms with Gasteiger partial charge in [-0.05, 0) is 80.0 Å². The lowest BCUT2D eigenvalue weighted by atomic mass is 9.90. The Kier molecular flexibility index (Phi) is 6.81. The molecule has 0 radical (unpaired) electrons. The van der Waals surface area contributed by atoms with Crippen LogP contribution in [0.25, 0.3) is 0 Å². The van der Waals surface area contributed by atoms with Crippen molar-refractivity contribution in [2.45, 2.75) is 38.5 Å². The summed E-state index contributed by atoms with van der Waals surface area (Å²) in [6, 6.07) is 11.3. The zero-order valence-corrected chi connectivity index (χ0v) is 18.8. The van der Waals surface area contributed by atoms with E-state index in [0.29, 0.717) is 42.6 Å². The van der Waals surface area contributed by atoms with Crippen LogP contribution in [-0.4, -0.2) is 54.9 Å². The van der Waals surface area contributed by atoms with Gasteiger partial charge in [-0.2, -0.15) is 0 Å². The fraction of sp³-hybridized carbons (Fsp3) is 0.440. The monoisotopic (exact) mass is 440 g/mol. The molecule has 1 aliphatic carbocycles. The molecule has 4 rings (SSSR count). The van der Waals surface area contributed by atoms with Gasteiger partial charge in [0.25, 0.3) is 11.8 Å². The number of fused-ring (bicyclic) bond motifs is 2. The molecule has 31 heavy (non-hydrogen) atoms. The highest BCUT2D eigenvalue weighted by atomic mass is 35.5. The fourth-order valence-electron chi connectivity index (χ4n) is 4.38. The molecular weight excluding hydrogens is 412 g/mol. The highest BCUT2D eigenvalue weighted by molar-refractivity contribution is 6.31. The minimum atomic E-state index is -0.0972. The summed E-state index contributed by atoms with van der Waals surface area (Å²) in [7, 11) is 1.79. The molecular formula is C25H29ClN2O3. The van der Waals surface area contributed by atoms with E-state index in [1.54, 1.807) is 30.1 Å². The maximum absolute atomic E-state index is 13.3. The first-order chi connectivity index (χ1) is 15.0. The van der Waals surface area contributed by atoms with Gasteiger partial charge >= 0.3 is 0 Å². The SMILES string of the molecule is CN1CCCCN(C(=O)c2ccc3c(c2)CCCC3)CCOc2ccc(Cl)cc2C1=O. The minimum absolute atomic E-state index is 0.0507. The van der Waals surface area contributed by atoms with Gasteiger partial charge in [0, 0.05) is 30.7 Å². The minimum Gasteiger partial charge on any atom is -0.491 e. The molecule has 1 heterocycles. The number of hydrogen-bond donors (Lipinski definition) is 0. The van der Waals surface area contributed by atoms with Crippen molar-refractivity contribution in [3.8, 4) is 5.75 Å². The molecule has 0 spiro atoms. The molecule has 0 bridgehead atoms. The van der Waals surface area contributed by atoms with Gasteiger partial charge in [0.15, 0.2) is 0 Å². The lowest BCUT2D eigenvalue weighted by Gasteiger charge is -2.26. The molecule has 0 saturated carbocycles. The van der Waals surface area contributed by atoms with Crippen LogP contribution in [0.2, 0.25) is 5.02 Å².